The van der Waals surface area contributed by atoms with Crippen molar-refractivity contribution in [2.24, 2.45) is 0 Å². The number of halogens is 2. The summed E-state index contributed by atoms with van der Waals surface area (Å²) in [6, 6.07) is 13.9. The van der Waals surface area contributed by atoms with Crippen LogP contribution in [0.25, 0.3) is 0 Å². The average Bonchev–Trinajstić information content (AvgIpc) is 3.58. The molecular formula is C26H31Cl2N3O. The van der Waals surface area contributed by atoms with Gasteiger partial charge < -0.3 is 16.0 Å². The lowest BCUT2D eigenvalue weighted by Gasteiger charge is -2.31. The summed E-state index contributed by atoms with van der Waals surface area (Å²) < 4.78 is 0. The second-order valence-corrected chi connectivity index (χ2v) is 9.95. The molecule has 4 rings (SSSR count). The molecule has 0 spiro atoms. The average molecular weight is 472 g/mol. The molecule has 2 aliphatic rings. The number of carbonyl (C=O) groups excluding carboxylic acids is 1. The van der Waals surface area contributed by atoms with Crippen molar-refractivity contribution in [3.8, 4) is 0 Å². The summed E-state index contributed by atoms with van der Waals surface area (Å²) in [5, 5.41) is 11.5. The molecular weight excluding hydrogens is 441 g/mol. The molecule has 6 heteroatoms. The molecule has 0 aromatic heterocycles. The smallest absolute Gasteiger partial charge is 0.231 e. The minimum Gasteiger partial charge on any atom is -0.384 e. The van der Waals surface area contributed by atoms with Crippen LogP contribution in [0.5, 0.6) is 0 Å². The molecule has 1 aliphatic heterocycles. The number of hydrogen-bond donors (Lipinski definition) is 3. The predicted octanol–water partition coefficient (Wildman–Crippen LogP) is 4.92. The van der Waals surface area contributed by atoms with Gasteiger partial charge in [0.15, 0.2) is 0 Å². The van der Waals surface area contributed by atoms with Crippen LogP contribution in [0.1, 0.15) is 42.4 Å². The highest BCUT2D eigenvalue weighted by Gasteiger charge is 2.51. The van der Waals surface area contributed by atoms with Crippen LogP contribution in [-0.2, 0) is 16.6 Å². The number of benzene rings is 2. The van der Waals surface area contributed by atoms with E-state index in [1.165, 1.54) is 5.56 Å². The number of amides is 1. The molecule has 2 aromatic carbocycles. The molecule has 4 nitrogen and oxygen atoms in total. The number of hydrogen-bond acceptors (Lipinski definition) is 3. The van der Waals surface area contributed by atoms with Gasteiger partial charge >= 0.3 is 0 Å². The maximum absolute atomic E-state index is 13.5. The van der Waals surface area contributed by atoms with E-state index in [-0.39, 0.29) is 11.9 Å². The molecule has 1 heterocycles. The quantitative estimate of drug-likeness (QED) is 0.512. The summed E-state index contributed by atoms with van der Waals surface area (Å²) in [5.41, 5.74) is 3.61. The Morgan fingerprint density at radius 2 is 1.84 bits per heavy atom. The lowest BCUT2D eigenvalue weighted by atomic mass is 9.93. The second kappa shape index (κ2) is 9.86. The first kappa shape index (κ1) is 23.2. The van der Waals surface area contributed by atoms with E-state index in [1.54, 1.807) is 6.07 Å². The largest absolute Gasteiger partial charge is 0.384 e. The molecule has 0 unspecified atom stereocenters. The molecule has 2 aromatic rings. The van der Waals surface area contributed by atoms with E-state index >= 15 is 0 Å². The van der Waals surface area contributed by atoms with Gasteiger partial charge in [-0.2, -0.15) is 0 Å². The molecule has 1 amide bonds. The molecule has 1 saturated carbocycles. The predicted molar refractivity (Wildman–Crippen MR) is 132 cm³/mol. The first-order chi connectivity index (χ1) is 15.4. The van der Waals surface area contributed by atoms with Gasteiger partial charge in [-0.15, -0.1) is 0 Å². The zero-order valence-corrected chi connectivity index (χ0v) is 20.0. The third-order valence-corrected chi connectivity index (χ3v) is 7.27. The highest BCUT2D eigenvalue weighted by atomic mass is 35.5. The Labute approximate surface area is 200 Å². The van der Waals surface area contributed by atoms with Crippen LogP contribution in [-0.4, -0.2) is 31.1 Å². The molecule has 2 fully saturated rings. The SMILES string of the molecule is C=C(NC1CCNCC1)[C@H](Cc1ccc(Cl)cc1Cl)NC(=O)C1(c2ccc(C)cc2)CC1. The van der Waals surface area contributed by atoms with Crippen molar-refractivity contribution < 1.29 is 4.79 Å². The van der Waals surface area contributed by atoms with Gasteiger partial charge in [0.25, 0.3) is 0 Å². The Balaban J connectivity index is 1.53. The van der Waals surface area contributed by atoms with Crippen molar-refractivity contribution >= 4 is 29.1 Å². The highest BCUT2D eigenvalue weighted by Crippen LogP contribution is 2.48. The Kier molecular flexibility index (Phi) is 7.14. The first-order valence-electron chi connectivity index (χ1n) is 11.4. The Hall–Kier alpha value is -2.01. The maximum atomic E-state index is 13.5. The third kappa shape index (κ3) is 5.31. The van der Waals surface area contributed by atoms with Crippen LogP contribution in [0, 0.1) is 6.92 Å². The monoisotopic (exact) mass is 471 g/mol. The van der Waals surface area contributed by atoms with Crippen LogP contribution in [0.3, 0.4) is 0 Å². The van der Waals surface area contributed by atoms with Gasteiger partial charge in [0.05, 0.1) is 11.5 Å². The summed E-state index contributed by atoms with van der Waals surface area (Å²) in [5.74, 6) is 0.0599. The van der Waals surface area contributed by atoms with E-state index in [1.807, 2.05) is 12.1 Å². The van der Waals surface area contributed by atoms with Crippen LogP contribution < -0.4 is 16.0 Å². The molecule has 0 radical (unpaired) electrons. The van der Waals surface area contributed by atoms with Gasteiger partial charge in [-0.3, -0.25) is 4.79 Å². The summed E-state index contributed by atoms with van der Waals surface area (Å²) >= 11 is 12.6. The Morgan fingerprint density at radius 3 is 2.47 bits per heavy atom. The minimum atomic E-state index is -0.440. The summed E-state index contributed by atoms with van der Waals surface area (Å²) in [7, 11) is 0. The molecule has 1 saturated heterocycles. The molecule has 32 heavy (non-hydrogen) atoms. The maximum Gasteiger partial charge on any atom is 0.231 e. The topological polar surface area (TPSA) is 53.2 Å². The number of piperidine rings is 1. The summed E-state index contributed by atoms with van der Waals surface area (Å²) in [6.07, 6.45) is 4.36. The zero-order chi connectivity index (χ0) is 22.7. The van der Waals surface area contributed by atoms with Crippen molar-refractivity contribution in [1.82, 2.24) is 16.0 Å². The van der Waals surface area contributed by atoms with E-state index < -0.39 is 5.41 Å². The lowest BCUT2D eigenvalue weighted by molar-refractivity contribution is -0.124. The van der Waals surface area contributed by atoms with Gasteiger partial charge in [0.1, 0.15) is 0 Å². The fraction of sp³-hybridized carbons (Fsp3) is 0.423. The van der Waals surface area contributed by atoms with Crippen molar-refractivity contribution in [3.05, 3.63) is 81.5 Å². The standard InChI is InChI=1S/C26H31Cl2N3O/c1-17-3-6-20(7-4-17)26(11-12-26)25(32)31-24(15-19-5-8-21(27)16-23(19)28)18(2)30-22-9-13-29-14-10-22/h3-8,16,22,24,29-30H,2,9-15H2,1H3,(H,31,32)/t24-/m0/s1. The third-order valence-electron chi connectivity index (χ3n) is 6.68. The van der Waals surface area contributed by atoms with E-state index in [0.29, 0.717) is 22.5 Å². The molecule has 0 bridgehead atoms. The van der Waals surface area contributed by atoms with Crippen molar-refractivity contribution in [3.63, 3.8) is 0 Å². The number of aryl methyl sites for hydroxylation is 1. The van der Waals surface area contributed by atoms with E-state index in [0.717, 1.165) is 55.6 Å². The normalized spacial score (nSPS) is 18.6. The molecule has 1 atom stereocenters. The lowest BCUT2D eigenvalue weighted by Crippen LogP contribution is -2.48. The van der Waals surface area contributed by atoms with E-state index in [4.69, 9.17) is 23.2 Å². The minimum absolute atomic E-state index is 0.0599. The number of rotatable bonds is 8. The van der Waals surface area contributed by atoms with Crippen LogP contribution in [0.2, 0.25) is 10.0 Å². The zero-order valence-electron chi connectivity index (χ0n) is 18.5. The van der Waals surface area contributed by atoms with Crippen molar-refractivity contribution in [2.45, 2.75) is 56.5 Å². The van der Waals surface area contributed by atoms with Crippen LogP contribution in [0.4, 0.5) is 0 Å². The fourth-order valence-electron chi connectivity index (χ4n) is 4.44. The first-order valence-corrected chi connectivity index (χ1v) is 12.1. The van der Waals surface area contributed by atoms with Crippen molar-refractivity contribution in [2.75, 3.05) is 13.1 Å². The second-order valence-electron chi connectivity index (χ2n) is 9.11. The Bertz CT molecular complexity index is 979. The van der Waals surface area contributed by atoms with Crippen molar-refractivity contribution in [1.29, 1.82) is 0 Å². The van der Waals surface area contributed by atoms with Gasteiger partial charge in [-0.25, -0.2) is 0 Å². The van der Waals surface area contributed by atoms with Gasteiger partial charge in [0.2, 0.25) is 5.91 Å². The van der Waals surface area contributed by atoms with Gasteiger partial charge in [-0.1, -0.05) is 65.7 Å². The molecule has 1 aliphatic carbocycles. The molecule has 3 N–H and O–H groups in total. The number of carbonyl (C=O) groups is 1. The molecule has 170 valence electrons. The summed E-state index contributed by atoms with van der Waals surface area (Å²) in [6.45, 7) is 8.35. The fourth-order valence-corrected chi connectivity index (χ4v) is 4.92. The van der Waals surface area contributed by atoms with E-state index in [2.05, 4.69) is 53.7 Å². The summed E-state index contributed by atoms with van der Waals surface area (Å²) in [4.78, 5) is 13.5. The Morgan fingerprint density at radius 1 is 1.16 bits per heavy atom. The van der Waals surface area contributed by atoms with Gasteiger partial charge in [-0.05, 0) is 75.4 Å². The van der Waals surface area contributed by atoms with E-state index in [9.17, 15) is 4.79 Å². The highest BCUT2D eigenvalue weighted by molar-refractivity contribution is 6.35. The van der Waals surface area contributed by atoms with Crippen LogP contribution in [0.15, 0.2) is 54.7 Å². The van der Waals surface area contributed by atoms with Gasteiger partial charge in [0, 0.05) is 21.8 Å². The number of nitrogens with one attached hydrogen (secondary N) is 3. The van der Waals surface area contributed by atoms with Crippen LogP contribution >= 0.6 is 23.2 Å².